The second-order valence-electron chi connectivity index (χ2n) is 6.57. The molecule has 9 heteroatoms. The van der Waals surface area contributed by atoms with Crippen molar-refractivity contribution in [2.45, 2.75) is 11.8 Å². The van der Waals surface area contributed by atoms with E-state index in [1.807, 2.05) is 49.7 Å². The molecular weight excluding hydrogens is 412 g/mol. The molecular formula is C22H20N6O2S. The van der Waals surface area contributed by atoms with Gasteiger partial charge in [0, 0.05) is 28.5 Å². The Bertz CT molecular complexity index is 1180. The number of hydrogen-bond donors (Lipinski definition) is 2. The highest BCUT2D eigenvalue weighted by molar-refractivity contribution is 7.98. The Kier molecular flexibility index (Phi) is 6.13. The zero-order valence-electron chi connectivity index (χ0n) is 16.9. The van der Waals surface area contributed by atoms with E-state index in [4.69, 9.17) is 4.74 Å². The zero-order chi connectivity index (χ0) is 21.6. The predicted molar refractivity (Wildman–Crippen MR) is 121 cm³/mol. The van der Waals surface area contributed by atoms with Crippen LogP contribution in [0.5, 0.6) is 11.6 Å². The third-order valence-corrected chi connectivity index (χ3v) is 4.97. The normalized spacial score (nSPS) is 10.5. The van der Waals surface area contributed by atoms with Crippen molar-refractivity contribution in [2.24, 2.45) is 0 Å². The van der Waals surface area contributed by atoms with Crippen LogP contribution in [0.15, 0.2) is 77.8 Å². The predicted octanol–water partition coefficient (Wildman–Crippen LogP) is 5.13. The minimum Gasteiger partial charge on any atom is -0.438 e. The fraction of sp³-hybridized carbons (Fsp3) is 0.0909. The average molecular weight is 433 g/mol. The van der Waals surface area contributed by atoms with Gasteiger partial charge in [0.25, 0.3) is 0 Å². The topological polar surface area (TPSA) is 94.0 Å². The molecule has 2 aromatic heterocycles. The van der Waals surface area contributed by atoms with E-state index < -0.39 is 0 Å². The first-order valence-electron chi connectivity index (χ1n) is 9.45. The molecule has 0 aliphatic rings. The lowest BCUT2D eigenvalue weighted by molar-refractivity contribution is 0.262. The average Bonchev–Trinajstić information content (AvgIpc) is 3.22. The number of amides is 2. The molecule has 156 valence electrons. The number of carbonyl (C=O) groups is 1. The molecule has 2 amide bonds. The monoisotopic (exact) mass is 432 g/mol. The maximum atomic E-state index is 12.2. The van der Waals surface area contributed by atoms with E-state index in [1.165, 1.54) is 0 Å². The Morgan fingerprint density at radius 3 is 2.45 bits per heavy atom. The summed E-state index contributed by atoms with van der Waals surface area (Å²) >= 11 is 1.62. The second-order valence-corrected chi connectivity index (χ2v) is 7.45. The minimum absolute atomic E-state index is 0.317. The van der Waals surface area contributed by atoms with Crippen molar-refractivity contribution in [1.29, 1.82) is 0 Å². The lowest BCUT2D eigenvalue weighted by Gasteiger charge is -2.09. The van der Waals surface area contributed by atoms with Crippen LogP contribution in [0.4, 0.5) is 16.2 Å². The highest BCUT2D eigenvalue weighted by Gasteiger charge is 2.06. The largest absolute Gasteiger partial charge is 0.438 e. The molecule has 8 nitrogen and oxygen atoms in total. The summed E-state index contributed by atoms with van der Waals surface area (Å²) in [6, 6.07) is 19.7. The van der Waals surface area contributed by atoms with Crippen LogP contribution in [0.1, 0.15) is 5.69 Å². The van der Waals surface area contributed by atoms with Gasteiger partial charge in [-0.3, -0.25) is 0 Å². The summed E-state index contributed by atoms with van der Waals surface area (Å²) in [6.45, 7) is 1.91. The first-order valence-corrected chi connectivity index (χ1v) is 10.7. The number of aromatic nitrogens is 4. The summed E-state index contributed by atoms with van der Waals surface area (Å²) in [6.07, 6.45) is 3.81. The molecule has 2 heterocycles. The molecule has 0 saturated heterocycles. The van der Waals surface area contributed by atoms with Gasteiger partial charge in [0.1, 0.15) is 5.75 Å². The molecule has 4 rings (SSSR count). The van der Waals surface area contributed by atoms with E-state index in [1.54, 1.807) is 52.8 Å². The first-order chi connectivity index (χ1) is 15.1. The number of rotatable bonds is 6. The quantitative estimate of drug-likeness (QED) is 0.410. The number of carbonyl (C=O) groups excluding carboxylic acids is 1. The summed E-state index contributed by atoms with van der Waals surface area (Å²) in [4.78, 5) is 13.3. The van der Waals surface area contributed by atoms with Crippen molar-refractivity contribution in [1.82, 2.24) is 20.0 Å². The zero-order valence-corrected chi connectivity index (χ0v) is 17.8. The molecule has 0 radical (unpaired) electrons. The second kappa shape index (κ2) is 9.31. The molecule has 0 saturated carbocycles. The van der Waals surface area contributed by atoms with Gasteiger partial charge in [-0.15, -0.1) is 22.0 Å². The van der Waals surface area contributed by atoms with Gasteiger partial charge >= 0.3 is 6.03 Å². The maximum Gasteiger partial charge on any atom is 0.323 e. The molecule has 31 heavy (non-hydrogen) atoms. The standard InChI is InChI=1S/C22H20N6O2S/c1-15-12-13-28(27-15)20-10-11-21(26-25-20)30-18-8-6-16(7-9-18)23-22(29)24-17-4-3-5-19(14-17)31-2/h3-14H,1-2H3,(H2,23,24,29). The molecule has 0 fully saturated rings. The molecule has 0 aliphatic carbocycles. The summed E-state index contributed by atoms with van der Waals surface area (Å²) in [5, 5.41) is 18.1. The number of anilines is 2. The van der Waals surface area contributed by atoms with Gasteiger partial charge in [0.15, 0.2) is 5.82 Å². The smallest absolute Gasteiger partial charge is 0.323 e. The Balaban J connectivity index is 1.34. The molecule has 2 aromatic carbocycles. The Morgan fingerprint density at radius 2 is 1.77 bits per heavy atom. The molecule has 2 N–H and O–H groups in total. The summed E-state index contributed by atoms with van der Waals surface area (Å²) < 4.78 is 7.37. The van der Waals surface area contributed by atoms with Crippen LogP contribution in [0, 0.1) is 6.92 Å². The van der Waals surface area contributed by atoms with Crippen LogP contribution in [-0.4, -0.2) is 32.3 Å². The van der Waals surface area contributed by atoms with Gasteiger partial charge in [-0.05, 0) is 67.8 Å². The number of benzene rings is 2. The van der Waals surface area contributed by atoms with Crippen LogP contribution in [0.2, 0.25) is 0 Å². The lowest BCUT2D eigenvalue weighted by Crippen LogP contribution is -2.19. The van der Waals surface area contributed by atoms with E-state index in [0.717, 1.165) is 16.3 Å². The summed E-state index contributed by atoms with van der Waals surface area (Å²) in [5.41, 5.74) is 2.27. The number of thioether (sulfide) groups is 1. The van der Waals surface area contributed by atoms with Crippen molar-refractivity contribution >= 4 is 29.2 Å². The van der Waals surface area contributed by atoms with Gasteiger partial charge in [0.2, 0.25) is 5.88 Å². The van der Waals surface area contributed by atoms with Crippen molar-refractivity contribution in [3.05, 3.63) is 78.6 Å². The third kappa shape index (κ3) is 5.40. The van der Waals surface area contributed by atoms with Crippen LogP contribution < -0.4 is 15.4 Å². The maximum absolute atomic E-state index is 12.2. The first kappa shape index (κ1) is 20.4. The van der Waals surface area contributed by atoms with Gasteiger partial charge in [-0.25, -0.2) is 9.48 Å². The molecule has 0 unspecified atom stereocenters. The van der Waals surface area contributed by atoms with Crippen LogP contribution in [-0.2, 0) is 0 Å². The highest BCUT2D eigenvalue weighted by Crippen LogP contribution is 2.22. The van der Waals surface area contributed by atoms with Gasteiger partial charge in [-0.2, -0.15) is 5.10 Å². The fourth-order valence-corrected chi connectivity index (χ4v) is 3.21. The van der Waals surface area contributed by atoms with Crippen LogP contribution >= 0.6 is 11.8 Å². The van der Waals surface area contributed by atoms with Crippen LogP contribution in [0.25, 0.3) is 5.82 Å². The van der Waals surface area contributed by atoms with E-state index in [0.29, 0.717) is 23.1 Å². The number of ether oxygens (including phenoxy) is 1. The number of urea groups is 1. The molecule has 0 aliphatic heterocycles. The Hall–Kier alpha value is -3.85. The minimum atomic E-state index is -0.317. The Labute approximate surface area is 183 Å². The SMILES string of the molecule is CSc1cccc(NC(=O)Nc2ccc(Oc3ccc(-n4ccc(C)n4)nn3)cc2)c1. The van der Waals surface area contributed by atoms with E-state index in [2.05, 4.69) is 25.9 Å². The van der Waals surface area contributed by atoms with Crippen molar-refractivity contribution in [3.8, 4) is 17.4 Å². The molecule has 0 bridgehead atoms. The number of nitrogens with zero attached hydrogens (tertiary/aromatic N) is 4. The number of hydrogen-bond acceptors (Lipinski definition) is 6. The van der Waals surface area contributed by atoms with Gasteiger partial charge in [-0.1, -0.05) is 6.07 Å². The summed E-state index contributed by atoms with van der Waals surface area (Å²) in [7, 11) is 0. The van der Waals surface area contributed by atoms with E-state index >= 15 is 0 Å². The van der Waals surface area contributed by atoms with Crippen molar-refractivity contribution in [2.75, 3.05) is 16.9 Å². The third-order valence-electron chi connectivity index (χ3n) is 4.25. The van der Waals surface area contributed by atoms with Crippen molar-refractivity contribution in [3.63, 3.8) is 0 Å². The Morgan fingerprint density at radius 1 is 0.968 bits per heavy atom. The van der Waals surface area contributed by atoms with E-state index in [-0.39, 0.29) is 6.03 Å². The molecule has 0 spiro atoms. The highest BCUT2D eigenvalue weighted by atomic mass is 32.2. The van der Waals surface area contributed by atoms with Crippen LogP contribution in [0.3, 0.4) is 0 Å². The number of aryl methyl sites for hydroxylation is 1. The number of nitrogens with one attached hydrogen (secondary N) is 2. The van der Waals surface area contributed by atoms with Gasteiger partial charge < -0.3 is 15.4 Å². The lowest BCUT2D eigenvalue weighted by atomic mass is 10.3. The molecule has 0 atom stereocenters. The van der Waals surface area contributed by atoms with Crippen molar-refractivity contribution < 1.29 is 9.53 Å². The van der Waals surface area contributed by atoms with E-state index in [9.17, 15) is 4.79 Å². The van der Waals surface area contributed by atoms with Gasteiger partial charge in [0.05, 0.1) is 5.69 Å². The fourth-order valence-electron chi connectivity index (χ4n) is 2.75. The molecule has 4 aromatic rings. The summed E-state index contributed by atoms with van der Waals surface area (Å²) in [5.74, 6) is 1.55.